The van der Waals surface area contributed by atoms with Crippen molar-refractivity contribution < 1.29 is 19.8 Å². The summed E-state index contributed by atoms with van der Waals surface area (Å²) in [7, 11) is 1.76. The zero-order valence-corrected chi connectivity index (χ0v) is 10.6. The number of likely N-dealkylation sites (tertiary alicyclic amines) is 1. The predicted molar refractivity (Wildman–Crippen MR) is 63.1 cm³/mol. The van der Waals surface area contributed by atoms with Crippen molar-refractivity contribution in [2.75, 3.05) is 13.1 Å². The summed E-state index contributed by atoms with van der Waals surface area (Å²) in [6.45, 7) is 1.27. The van der Waals surface area contributed by atoms with E-state index < -0.39 is 23.8 Å². The first kappa shape index (κ1) is 13.5. The lowest BCUT2D eigenvalue weighted by atomic mass is 9.85. The second-order valence-corrected chi connectivity index (χ2v) is 4.80. The summed E-state index contributed by atoms with van der Waals surface area (Å²) in [5, 5.41) is 25.9. The molecule has 2 heterocycles. The van der Waals surface area contributed by atoms with E-state index in [0.29, 0.717) is 19.5 Å². The van der Waals surface area contributed by atoms with E-state index in [9.17, 15) is 9.59 Å². The zero-order valence-electron chi connectivity index (χ0n) is 10.6. The van der Waals surface area contributed by atoms with Crippen LogP contribution in [0.4, 0.5) is 0 Å². The fraction of sp³-hybridized carbons (Fsp3) is 0.636. The SMILES string of the molecule is Cn1cc(CN2CCC(C(=O)O)C(C(=O)O)C2)nn1. The highest BCUT2D eigenvalue weighted by atomic mass is 16.4. The van der Waals surface area contributed by atoms with E-state index >= 15 is 0 Å². The number of piperidine rings is 1. The number of aromatic nitrogens is 3. The van der Waals surface area contributed by atoms with E-state index in [-0.39, 0.29) is 6.54 Å². The van der Waals surface area contributed by atoms with Crippen molar-refractivity contribution in [3.05, 3.63) is 11.9 Å². The van der Waals surface area contributed by atoms with Gasteiger partial charge in [0.05, 0.1) is 17.5 Å². The maximum absolute atomic E-state index is 11.1. The maximum atomic E-state index is 11.1. The van der Waals surface area contributed by atoms with Gasteiger partial charge < -0.3 is 10.2 Å². The minimum Gasteiger partial charge on any atom is -0.481 e. The molecule has 0 saturated carbocycles. The minimum absolute atomic E-state index is 0.225. The summed E-state index contributed by atoms with van der Waals surface area (Å²) in [5.41, 5.74) is 0.750. The van der Waals surface area contributed by atoms with Gasteiger partial charge in [-0.1, -0.05) is 5.21 Å². The molecule has 0 aliphatic carbocycles. The lowest BCUT2D eigenvalue weighted by Crippen LogP contribution is -2.46. The summed E-state index contributed by atoms with van der Waals surface area (Å²) in [6.07, 6.45) is 2.10. The smallest absolute Gasteiger partial charge is 0.308 e. The Balaban J connectivity index is 2.02. The Morgan fingerprint density at radius 1 is 1.37 bits per heavy atom. The van der Waals surface area contributed by atoms with E-state index in [0.717, 1.165) is 5.69 Å². The highest BCUT2D eigenvalue weighted by molar-refractivity contribution is 5.80. The number of nitrogens with zero attached hydrogens (tertiary/aromatic N) is 4. The Bertz CT molecular complexity index is 487. The second kappa shape index (κ2) is 5.35. The number of aliphatic carboxylic acids is 2. The van der Waals surface area contributed by atoms with Crippen LogP contribution in [0.3, 0.4) is 0 Å². The van der Waals surface area contributed by atoms with Crippen molar-refractivity contribution >= 4 is 11.9 Å². The molecule has 0 spiro atoms. The van der Waals surface area contributed by atoms with Gasteiger partial charge in [0.2, 0.25) is 0 Å². The third-order valence-electron chi connectivity index (χ3n) is 3.37. The van der Waals surface area contributed by atoms with Gasteiger partial charge in [-0.2, -0.15) is 0 Å². The Morgan fingerprint density at radius 3 is 2.58 bits per heavy atom. The Hall–Kier alpha value is -1.96. The first-order valence-electron chi connectivity index (χ1n) is 6.00. The van der Waals surface area contributed by atoms with Gasteiger partial charge in [0.25, 0.3) is 0 Å². The number of hydrogen-bond donors (Lipinski definition) is 2. The average molecular weight is 268 g/mol. The summed E-state index contributed by atoms with van der Waals surface area (Å²) >= 11 is 0. The maximum Gasteiger partial charge on any atom is 0.308 e. The van der Waals surface area contributed by atoms with E-state index in [1.807, 2.05) is 4.90 Å². The van der Waals surface area contributed by atoms with Crippen LogP contribution in [-0.2, 0) is 23.2 Å². The Morgan fingerprint density at radius 2 is 2.05 bits per heavy atom. The molecular weight excluding hydrogens is 252 g/mol. The summed E-state index contributed by atoms with van der Waals surface area (Å²) in [5.74, 6) is -3.78. The van der Waals surface area contributed by atoms with Crippen molar-refractivity contribution in [3.8, 4) is 0 Å². The molecule has 1 aliphatic heterocycles. The quantitative estimate of drug-likeness (QED) is 0.752. The molecule has 2 atom stereocenters. The Kier molecular flexibility index (Phi) is 3.79. The number of hydrogen-bond acceptors (Lipinski definition) is 5. The van der Waals surface area contributed by atoms with Crippen LogP contribution in [0.15, 0.2) is 6.20 Å². The van der Waals surface area contributed by atoms with Crippen LogP contribution in [0.5, 0.6) is 0 Å². The predicted octanol–water partition coefficient (Wildman–Crippen LogP) is -0.578. The molecule has 2 N–H and O–H groups in total. The summed E-state index contributed by atoms with van der Waals surface area (Å²) < 4.78 is 1.58. The van der Waals surface area contributed by atoms with Crippen LogP contribution in [0.25, 0.3) is 0 Å². The van der Waals surface area contributed by atoms with Crippen molar-refractivity contribution in [1.29, 1.82) is 0 Å². The van der Waals surface area contributed by atoms with Gasteiger partial charge in [-0.25, -0.2) is 0 Å². The van der Waals surface area contributed by atoms with Gasteiger partial charge >= 0.3 is 11.9 Å². The molecule has 19 heavy (non-hydrogen) atoms. The standard InChI is InChI=1S/C11H16N4O4/c1-14-4-7(12-13-14)5-15-3-2-8(10(16)17)9(6-15)11(18)19/h4,8-9H,2-3,5-6H2,1H3,(H,16,17)(H,18,19). The van der Waals surface area contributed by atoms with Gasteiger partial charge in [0.15, 0.2) is 0 Å². The number of carboxylic acids is 2. The van der Waals surface area contributed by atoms with Crippen LogP contribution < -0.4 is 0 Å². The van der Waals surface area contributed by atoms with Gasteiger partial charge in [0, 0.05) is 26.3 Å². The number of carbonyl (C=O) groups is 2. The third kappa shape index (κ3) is 3.08. The van der Waals surface area contributed by atoms with Gasteiger partial charge in [0.1, 0.15) is 0 Å². The molecule has 1 fully saturated rings. The molecule has 8 heteroatoms. The van der Waals surface area contributed by atoms with E-state index in [4.69, 9.17) is 10.2 Å². The molecule has 0 amide bonds. The van der Waals surface area contributed by atoms with E-state index in [2.05, 4.69) is 10.3 Å². The molecule has 0 bridgehead atoms. The molecule has 2 rings (SSSR count). The van der Waals surface area contributed by atoms with E-state index in [1.54, 1.807) is 17.9 Å². The van der Waals surface area contributed by atoms with Gasteiger partial charge in [-0.15, -0.1) is 5.10 Å². The van der Waals surface area contributed by atoms with Crippen LogP contribution >= 0.6 is 0 Å². The largest absolute Gasteiger partial charge is 0.481 e. The lowest BCUT2D eigenvalue weighted by Gasteiger charge is -2.33. The molecule has 1 saturated heterocycles. The molecule has 2 unspecified atom stereocenters. The van der Waals surface area contributed by atoms with E-state index in [1.165, 1.54) is 0 Å². The molecule has 1 aliphatic rings. The first-order chi connectivity index (χ1) is 8.97. The second-order valence-electron chi connectivity index (χ2n) is 4.80. The average Bonchev–Trinajstić information content (AvgIpc) is 2.74. The normalized spacial score (nSPS) is 24.3. The van der Waals surface area contributed by atoms with Crippen molar-refractivity contribution in [2.24, 2.45) is 18.9 Å². The van der Waals surface area contributed by atoms with Gasteiger partial charge in [-0.3, -0.25) is 19.2 Å². The lowest BCUT2D eigenvalue weighted by molar-refractivity contribution is -0.157. The third-order valence-corrected chi connectivity index (χ3v) is 3.37. The fourth-order valence-corrected chi connectivity index (χ4v) is 2.41. The molecule has 1 aromatic rings. The fourth-order valence-electron chi connectivity index (χ4n) is 2.41. The monoisotopic (exact) mass is 268 g/mol. The topological polar surface area (TPSA) is 109 Å². The van der Waals surface area contributed by atoms with Gasteiger partial charge in [-0.05, 0) is 13.0 Å². The highest BCUT2D eigenvalue weighted by Gasteiger charge is 2.38. The van der Waals surface area contributed by atoms with Crippen molar-refractivity contribution in [1.82, 2.24) is 19.9 Å². The summed E-state index contributed by atoms with van der Waals surface area (Å²) in [6, 6.07) is 0. The molecule has 104 valence electrons. The molecule has 0 aromatic carbocycles. The number of aryl methyl sites for hydroxylation is 1. The molecule has 0 radical (unpaired) electrons. The molecular formula is C11H16N4O4. The van der Waals surface area contributed by atoms with Crippen LogP contribution in [0.1, 0.15) is 12.1 Å². The van der Waals surface area contributed by atoms with Crippen LogP contribution in [0, 0.1) is 11.8 Å². The number of rotatable bonds is 4. The number of carboxylic acid groups (broad SMARTS) is 2. The van der Waals surface area contributed by atoms with Crippen molar-refractivity contribution in [3.63, 3.8) is 0 Å². The summed E-state index contributed by atoms with van der Waals surface area (Å²) in [4.78, 5) is 24.1. The molecule has 8 nitrogen and oxygen atoms in total. The minimum atomic E-state index is -1.06. The zero-order chi connectivity index (χ0) is 14.0. The first-order valence-corrected chi connectivity index (χ1v) is 6.00. The highest BCUT2D eigenvalue weighted by Crippen LogP contribution is 2.25. The van der Waals surface area contributed by atoms with Crippen LogP contribution in [0.2, 0.25) is 0 Å². The van der Waals surface area contributed by atoms with Crippen LogP contribution in [-0.4, -0.2) is 55.1 Å². The Labute approximate surface area is 109 Å². The molecule has 1 aromatic heterocycles. The van der Waals surface area contributed by atoms with Crippen molar-refractivity contribution in [2.45, 2.75) is 13.0 Å².